The van der Waals surface area contributed by atoms with E-state index in [9.17, 15) is 4.79 Å². The number of ether oxygens (including phenoxy) is 3. The van der Waals surface area contributed by atoms with Gasteiger partial charge < -0.3 is 22.4 Å². The highest BCUT2D eigenvalue weighted by Crippen LogP contribution is 2.25. The average molecular weight is 451 g/mol. The molecule has 0 saturated carbocycles. The zero-order valence-electron chi connectivity index (χ0n) is 19.3. The van der Waals surface area contributed by atoms with Crippen LogP contribution in [-0.4, -0.2) is 64.2 Å². The van der Waals surface area contributed by atoms with Gasteiger partial charge in [-0.05, 0) is 71.6 Å². The van der Waals surface area contributed by atoms with Crippen molar-refractivity contribution in [1.82, 2.24) is 0 Å². The van der Waals surface area contributed by atoms with Crippen molar-refractivity contribution in [2.24, 2.45) is 0 Å². The molecule has 0 bridgehead atoms. The first-order valence-electron chi connectivity index (χ1n) is 10.1. The van der Waals surface area contributed by atoms with Gasteiger partial charge in [-0.15, -0.1) is 0 Å². The van der Waals surface area contributed by atoms with E-state index < -0.39 is 25.2 Å². The van der Waals surface area contributed by atoms with Crippen molar-refractivity contribution in [3.8, 4) is 0 Å². The first-order chi connectivity index (χ1) is 12.7. The summed E-state index contributed by atoms with van der Waals surface area (Å²) in [6, 6.07) is 0.964. The monoisotopic (exact) mass is 450 g/mol. The van der Waals surface area contributed by atoms with Gasteiger partial charge in [-0.1, -0.05) is 6.58 Å². The Labute approximate surface area is 175 Å². The molecule has 0 spiro atoms. The number of carbonyl (C=O) groups excluding carboxylic acids is 1. The van der Waals surface area contributed by atoms with Gasteiger partial charge in [-0.3, -0.25) is 0 Å². The fraction of sp³-hybridized carbons (Fsp3) is 0.842. The fourth-order valence-electron chi connectivity index (χ4n) is 2.70. The summed E-state index contributed by atoms with van der Waals surface area (Å²) in [4.78, 5) is 11.2. The molecular weight excluding hydrogens is 408 g/mol. The molecule has 9 heteroatoms. The second-order valence-corrected chi connectivity index (χ2v) is 22.0. The minimum atomic E-state index is -2.16. The predicted molar refractivity (Wildman–Crippen MR) is 122 cm³/mol. The summed E-state index contributed by atoms with van der Waals surface area (Å²) in [5, 5.41) is 0. The molecule has 0 aliphatic heterocycles. The molecular formula is C19H42O6Si3. The summed E-state index contributed by atoms with van der Waals surface area (Å²) >= 11 is 0. The van der Waals surface area contributed by atoms with Crippen LogP contribution in [0.1, 0.15) is 19.8 Å². The van der Waals surface area contributed by atoms with E-state index in [2.05, 4.69) is 52.4 Å². The van der Waals surface area contributed by atoms with Crippen molar-refractivity contribution in [2.45, 2.75) is 71.6 Å². The summed E-state index contributed by atoms with van der Waals surface area (Å²) in [6.07, 6.45) is 1.77. The van der Waals surface area contributed by atoms with Crippen molar-refractivity contribution in [3.63, 3.8) is 0 Å². The Hall–Kier alpha value is -0.299. The SMILES string of the molecule is C=C(C)C(=O)OCCOCCCOCCC[Si](C)(O[Si](C)(C)C)O[Si](C)(C)C. The second kappa shape index (κ2) is 13.1. The van der Waals surface area contributed by atoms with Crippen LogP contribution in [0.3, 0.4) is 0 Å². The fourth-order valence-corrected chi connectivity index (χ4v) is 15.2. The van der Waals surface area contributed by atoms with Gasteiger partial charge in [0.1, 0.15) is 6.61 Å². The molecule has 0 aliphatic carbocycles. The maximum absolute atomic E-state index is 11.2. The molecule has 0 radical (unpaired) electrons. The highest BCUT2D eigenvalue weighted by molar-refractivity contribution is 6.87. The van der Waals surface area contributed by atoms with E-state index in [1.54, 1.807) is 6.92 Å². The molecule has 0 atom stereocenters. The lowest BCUT2D eigenvalue weighted by atomic mass is 10.4. The van der Waals surface area contributed by atoms with Crippen LogP contribution < -0.4 is 0 Å². The predicted octanol–water partition coefficient (Wildman–Crippen LogP) is 4.69. The summed E-state index contributed by atoms with van der Waals surface area (Å²) < 4.78 is 29.1. The normalized spacial score (nSPS) is 12.9. The minimum absolute atomic E-state index is 0.254. The van der Waals surface area contributed by atoms with Crippen molar-refractivity contribution in [2.75, 3.05) is 33.0 Å². The van der Waals surface area contributed by atoms with Crippen LogP contribution in [0.2, 0.25) is 51.9 Å². The lowest BCUT2D eigenvalue weighted by Gasteiger charge is -2.38. The number of esters is 1. The van der Waals surface area contributed by atoms with Crippen LogP contribution in [0.25, 0.3) is 0 Å². The highest BCUT2D eigenvalue weighted by atomic mass is 28.5. The number of rotatable bonds is 16. The molecule has 166 valence electrons. The van der Waals surface area contributed by atoms with Gasteiger partial charge in [0, 0.05) is 25.4 Å². The van der Waals surface area contributed by atoms with Crippen LogP contribution in [0.15, 0.2) is 12.2 Å². The Balaban J connectivity index is 3.88. The molecule has 0 saturated heterocycles. The molecule has 0 N–H and O–H groups in total. The van der Waals surface area contributed by atoms with Crippen molar-refractivity contribution in [3.05, 3.63) is 12.2 Å². The standard InChI is InChI=1S/C19H42O6Si3/c1-18(2)19(20)23-16-15-22-13-10-12-21-14-11-17-28(9,24-26(3,4)5)25-27(6,7)8/h1,10-17H2,2-9H3. The summed E-state index contributed by atoms with van der Waals surface area (Å²) in [5.74, 6) is -0.376. The number of hydrogen-bond acceptors (Lipinski definition) is 6. The molecule has 6 nitrogen and oxygen atoms in total. The molecule has 0 aliphatic rings. The Morgan fingerprint density at radius 2 is 1.21 bits per heavy atom. The second-order valence-electron chi connectivity index (χ2n) is 9.16. The van der Waals surface area contributed by atoms with Crippen molar-refractivity contribution >= 4 is 31.2 Å². The van der Waals surface area contributed by atoms with Gasteiger partial charge in [0.2, 0.25) is 0 Å². The van der Waals surface area contributed by atoms with Gasteiger partial charge in [0.05, 0.1) is 6.61 Å². The molecule has 28 heavy (non-hydrogen) atoms. The first-order valence-corrected chi connectivity index (χ1v) is 19.5. The maximum atomic E-state index is 11.2. The largest absolute Gasteiger partial charge is 0.460 e. The molecule has 0 fully saturated rings. The molecule has 0 amide bonds. The van der Waals surface area contributed by atoms with Crippen LogP contribution in [0.5, 0.6) is 0 Å². The van der Waals surface area contributed by atoms with E-state index in [1.807, 2.05) is 0 Å². The van der Waals surface area contributed by atoms with E-state index in [0.29, 0.717) is 32.0 Å². The zero-order chi connectivity index (χ0) is 21.8. The van der Waals surface area contributed by atoms with Crippen LogP contribution >= 0.6 is 0 Å². The third kappa shape index (κ3) is 16.6. The highest BCUT2D eigenvalue weighted by Gasteiger charge is 2.39. The molecule has 0 aromatic heterocycles. The maximum Gasteiger partial charge on any atom is 0.333 e. The zero-order valence-corrected chi connectivity index (χ0v) is 22.3. The van der Waals surface area contributed by atoms with E-state index in [0.717, 1.165) is 18.9 Å². The molecule has 0 unspecified atom stereocenters. The van der Waals surface area contributed by atoms with E-state index in [-0.39, 0.29) is 12.6 Å². The van der Waals surface area contributed by atoms with E-state index >= 15 is 0 Å². The summed E-state index contributed by atoms with van der Waals surface area (Å²) in [6.45, 7) is 23.3. The summed E-state index contributed by atoms with van der Waals surface area (Å²) in [5.41, 5.74) is 0.401. The van der Waals surface area contributed by atoms with Crippen LogP contribution in [-0.2, 0) is 27.2 Å². The quantitative estimate of drug-likeness (QED) is 0.147. The van der Waals surface area contributed by atoms with Crippen molar-refractivity contribution in [1.29, 1.82) is 0 Å². The molecule has 0 aromatic carbocycles. The van der Waals surface area contributed by atoms with E-state index in [4.69, 9.17) is 22.4 Å². The van der Waals surface area contributed by atoms with Crippen LogP contribution in [0.4, 0.5) is 0 Å². The lowest BCUT2D eigenvalue weighted by Crippen LogP contribution is -2.52. The summed E-state index contributed by atoms with van der Waals surface area (Å²) in [7, 11) is -5.43. The first kappa shape index (κ1) is 27.7. The number of hydrogen-bond donors (Lipinski definition) is 0. The van der Waals surface area contributed by atoms with E-state index in [1.165, 1.54) is 0 Å². The smallest absolute Gasteiger partial charge is 0.333 e. The molecule has 0 aromatic rings. The Morgan fingerprint density at radius 1 is 0.750 bits per heavy atom. The average Bonchev–Trinajstić information content (AvgIpc) is 2.48. The Bertz CT molecular complexity index is 455. The van der Waals surface area contributed by atoms with Gasteiger partial charge in [-0.2, -0.15) is 0 Å². The van der Waals surface area contributed by atoms with Gasteiger partial charge >= 0.3 is 14.5 Å². The van der Waals surface area contributed by atoms with Crippen LogP contribution in [0, 0.1) is 0 Å². The molecule has 0 rings (SSSR count). The lowest BCUT2D eigenvalue weighted by molar-refractivity contribution is -0.140. The van der Waals surface area contributed by atoms with Gasteiger partial charge in [0.25, 0.3) is 0 Å². The van der Waals surface area contributed by atoms with Crippen molar-refractivity contribution < 1.29 is 27.2 Å². The third-order valence-electron chi connectivity index (χ3n) is 3.35. The van der Waals surface area contributed by atoms with Gasteiger partial charge in [-0.25, -0.2) is 4.79 Å². The Morgan fingerprint density at radius 3 is 1.68 bits per heavy atom. The number of carbonyl (C=O) groups is 1. The minimum Gasteiger partial charge on any atom is -0.460 e. The van der Waals surface area contributed by atoms with Gasteiger partial charge in [0.15, 0.2) is 16.6 Å². The topological polar surface area (TPSA) is 63.2 Å². The third-order valence-corrected chi connectivity index (χ3v) is 13.0. The molecule has 0 heterocycles. The Kier molecular flexibility index (Phi) is 13.0.